The average Bonchev–Trinajstić information content (AvgIpc) is 2.92. The minimum Gasteiger partial charge on any atom is -0.268 e. The second-order valence-electron chi connectivity index (χ2n) is 4.39. The van der Waals surface area contributed by atoms with E-state index in [9.17, 15) is 8.78 Å². The Morgan fingerprint density at radius 3 is 1.82 bits per heavy atom. The van der Waals surface area contributed by atoms with E-state index in [0.717, 1.165) is 0 Å². The van der Waals surface area contributed by atoms with Crippen molar-refractivity contribution >= 4 is 0 Å². The van der Waals surface area contributed by atoms with Crippen molar-refractivity contribution in [2.75, 3.05) is 0 Å². The number of nitrogens with zero attached hydrogens (tertiary/aromatic N) is 4. The van der Waals surface area contributed by atoms with Gasteiger partial charge in [-0.2, -0.15) is 19.0 Å². The van der Waals surface area contributed by atoms with Crippen LogP contribution in [0.1, 0.15) is 27.3 Å². The molecule has 0 N–H and O–H groups in total. The molecule has 2 rings (SSSR count). The third-order valence-electron chi connectivity index (χ3n) is 1.92. The predicted octanol–water partition coefficient (Wildman–Crippen LogP) is 2.92. The van der Waals surface area contributed by atoms with E-state index in [1.165, 1.54) is 18.5 Å². The maximum Gasteiger partial charge on any atom is 0.333 e. The Bertz CT molecular complexity index is 401. The minimum atomic E-state index is -2.51. The van der Waals surface area contributed by atoms with Crippen LogP contribution in [0.15, 0.2) is 36.9 Å². The zero-order chi connectivity index (χ0) is 12.9. The summed E-state index contributed by atoms with van der Waals surface area (Å²) in [6, 6.07) is 3.39. The van der Waals surface area contributed by atoms with Crippen LogP contribution in [-0.2, 0) is 5.54 Å². The van der Waals surface area contributed by atoms with Gasteiger partial charge in [-0.15, -0.1) is 0 Å². The largest absolute Gasteiger partial charge is 0.333 e. The molecule has 4 nitrogen and oxygen atoms in total. The molecule has 2 aromatic rings. The first kappa shape index (κ1) is 13.3. The highest BCUT2D eigenvalue weighted by Crippen LogP contribution is 2.10. The van der Waals surface area contributed by atoms with Gasteiger partial charge in [-0.25, -0.2) is 4.68 Å². The Morgan fingerprint density at radius 1 is 1.00 bits per heavy atom. The van der Waals surface area contributed by atoms with Gasteiger partial charge in [-0.05, 0) is 32.9 Å². The molecule has 0 bridgehead atoms. The van der Waals surface area contributed by atoms with Crippen molar-refractivity contribution < 1.29 is 8.78 Å². The lowest BCUT2D eigenvalue weighted by atomic mass is 10.1. The van der Waals surface area contributed by atoms with Crippen LogP contribution in [-0.4, -0.2) is 19.6 Å². The molecule has 2 heterocycles. The van der Waals surface area contributed by atoms with Gasteiger partial charge in [-0.1, -0.05) is 0 Å². The van der Waals surface area contributed by atoms with Gasteiger partial charge in [0.1, 0.15) is 0 Å². The molecule has 2 aromatic heterocycles. The van der Waals surface area contributed by atoms with Crippen molar-refractivity contribution in [1.29, 1.82) is 0 Å². The fraction of sp³-hybridized carbons (Fsp3) is 0.455. The van der Waals surface area contributed by atoms with Crippen molar-refractivity contribution in [2.45, 2.75) is 32.9 Å². The number of hydrogen-bond donors (Lipinski definition) is 0. The molecule has 0 aliphatic rings. The second kappa shape index (κ2) is 5.56. The monoisotopic (exact) mass is 242 g/mol. The van der Waals surface area contributed by atoms with Gasteiger partial charge in [-0.3, -0.25) is 4.68 Å². The van der Waals surface area contributed by atoms with Crippen molar-refractivity contribution in [3.8, 4) is 0 Å². The molecule has 0 spiro atoms. The van der Waals surface area contributed by atoms with Crippen LogP contribution < -0.4 is 0 Å². The quantitative estimate of drug-likeness (QED) is 0.770. The van der Waals surface area contributed by atoms with Gasteiger partial charge in [0.15, 0.2) is 0 Å². The van der Waals surface area contributed by atoms with Crippen molar-refractivity contribution in [1.82, 2.24) is 19.6 Å². The van der Waals surface area contributed by atoms with Gasteiger partial charge in [0.25, 0.3) is 0 Å². The number of alkyl halides is 2. The SMILES string of the molecule is CC(C)(C)n1cccn1.FC(F)n1cccn1. The highest BCUT2D eigenvalue weighted by molar-refractivity contribution is 4.83. The topological polar surface area (TPSA) is 35.6 Å². The normalized spacial score (nSPS) is 11.2. The number of aromatic nitrogens is 4. The highest BCUT2D eigenvalue weighted by Gasteiger charge is 2.10. The molecular weight excluding hydrogens is 226 g/mol. The number of hydrogen-bond acceptors (Lipinski definition) is 2. The Morgan fingerprint density at radius 2 is 1.59 bits per heavy atom. The van der Waals surface area contributed by atoms with Crippen molar-refractivity contribution in [3.05, 3.63) is 36.9 Å². The fourth-order valence-corrected chi connectivity index (χ4v) is 1.06. The molecule has 0 radical (unpaired) electrons. The van der Waals surface area contributed by atoms with E-state index in [-0.39, 0.29) is 5.54 Å². The van der Waals surface area contributed by atoms with E-state index in [1.54, 1.807) is 6.20 Å². The van der Waals surface area contributed by atoms with Crippen LogP contribution in [0.4, 0.5) is 8.78 Å². The number of halogens is 2. The Balaban J connectivity index is 0.000000171. The van der Waals surface area contributed by atoms with E-state index in [4.69, 9.17) is 0 Å². The minimum absolute atomic E-state index is 0.128. The van der Waals surface area contributed by atoms with Gasteiger partial charge < -0.3 is 0 Å². The zero-order valence-electron chi connectivity index (χ0n) is 10.1. The molecular formula is C11H16F2N4. The summed E-state index contributed by atoms with van der Waals surface area (Å²) in [5.74, 6) is 0. The summed E-state index contributed by atoms with van der Waals surface area (Å²) in [7, 11) is 0. The molecule has 94 valence electrons. The molecule has 0 aliphatic heterocycles. The first-order valence-corrected chi connectivity index (χ1v) is 5.18. The molecule has 0 fully saturated rings. The summed E-state index contributed by atoms with van der Waals surface area (Å²) in [5, 5.41) is 7.39. The van der Waals surface area contributed by atoms with Crippen LogP contribution in [0.5, 0.6) is 0 Å². The summed E-state index contributed by atoms with van der Waals surface area (Å²) < 4.78 is 25.5. The summed E-state index contributed by atoms with van der Waals surface area (Å²) in [5.41, 5.74) is 0.128. The van der Waals surface area contributed by atoms with Crippen LogP contribution >= 0.6 is 0 Å². The molecule has 0 amide bonds. The fourth-order valence-electron chi connectivity index (χ4n) is 1.06. The van der Waals surface area contributed by atoms with Gasteiger partial charge in [0, 0.05) is 24.8 Å². The molecule has 6 heteroatoms. The third kappa shape index (κ3) is 4.34. The van der Waals surface area contributed by atoms with Crippen LogP contribution in [0.3, 0.4) is 0 Å². The van der Waals surface area contributed by atoms with E-state index in [0.29, 0.717) is 4.68 Å². The molecule has 0 saturated carbocycles. The van der Waals surface area contributed by atoms with Crippen LogP contribution in [0, 0.1) is 0 Å². The number of rotatable bonds is 1. The summed E-state index contributed by atoms with van der Waals surface area (Å²) in [4.78, 5) is 0. The van der Waals surface area contributed by atoms with Gasteiger partial charge >= 0.3 is 6.55 Å². The maximum atomic E-state index is 11.5. The summed E-state index contributed by atoms with van der Waals surface area (Å²) in [6.07, 6.45) is 6.29. The van der Waals surface area contributed by atoms with E-state index in [2.05, 4.69) is 31.0 Å². The van der Waals surface area contributed by atoms with E-state index >= 15 is 0 Å². The summed E-state index contributed by atoms with van der Waals surface area (Å²) in [6.45, 7) is 3.87. The standard InChI is InChI=1S/C7H12N2.C4H4F2N2/c1-7(2,3)9-6-4-5-8-9;5-4(6)8-3-1-2-7-8/h4-6H,1-3H3;1-4H. The first-order valence-electron chi connectivity index (χ1n) is 5.18. The Hall–Kier alpha value is -1.72. The maximum absolute atomic E-state index is 11.5. The smallest absolute Gasteiger partial charge is 0.268 e. The van der Waals surface area contributed by atoms with Crippen molar-refractivity contribution in [3.63, 3.8) is 0 Å². The Kier molecular flexibility index (Phi) is 4.37. The molecule has 0 saturated heterocycles. The Labute approximate surface area is 98.9 Å². The first-order chi connectivity index (χ1) is 7.91. The summed E-state index contributed by atoms with van der Waals surface area (Å²) >= 11 is 0. The average molecular weight is 242 g/mol. The molecule has 0 unspecified atom stereocenters. The molecule has 0 aliphatic carbocycles. The molecule has 0 atom stereocenters. The molecule has 17 heavy (non-hydrogen) atoms. The lowest BCUT2D eigenvalue weighted by Gasteiger charge is -2.18. The van der Waals surface area contributed by atoms with Crippen LogP contribution in [0.2, 0.25) is 0 Å². The van der Waals surface area contributed by atoms with E-state index in [1.807, 2.05) is 16.9 Å². The van der Waals surface area contributed by atoms with Crippen LogP contribution in [0.25, 0.3) is 0 Å². The van der Waals surface area contributed by atoms with Crippen molar-refractivity contribution in [2.24, 2.45) is 0 Å². The van der Waals surface area contributed by atoms with Gasteiger partial charge in [0.05, 0.1) is 5.54 Å². The molecule has 0 aromatic carbocycles. The lowest BCUT2D eigenvalue weighted by Crippen LogP contribution is -2.21. The van der Waals surface area contributed by atoms with Gasteiger partial charge in [0.2, 0.25) is 0 Å². The second-order valence-corrected chi connectivity index (χ2v) is 4.39. The predicted molar refractivity (Wildman–Crippen MR) is 60.7 cm³/mol. The lowest BCUT2D eigenvalue weighted by molar-refractivity contribution is 0.0566. The zero-order valence-corrected chi connectivity index (χ0v) is 10.1. The van der Waals surface area contributed by atoms with E-state index < -0.39 is 6.55 Å². The highest BCUT2D eigenvalue weighted by atomic mass is 19.3. The third-order valence-corrected chi connectivity index (χ3v) is 1.92.